The molecule has 160 valence electrons. The Hall–Kier alpha value is -2.44. The largest absolute Gasteiger partial charge is 0.349 e. The lowest BCUT2D eigenvalue weighted by molar-refractivity contribution is 0.515. The molecular weight excluding hydrogens is 426 g/mol. The second kappa shape index (κ2) is 9.58. The maximum Gasteiger partial charge on any atom is 0.258 e. The van der Waals surface area contributed by atoms with Gasteiger partial charge in [0.05, 0.1) is 17.8 Å². The number of rotatable bonds is 5. The molecular formula is C22H25Cl2FN4O. The van der Waals surface area contributed by atoms with Crippen molar-refractivity contribution in [3.05, 3.63) is 76.1 Å². The average molecular weight is 451 g/mol. The van der Waals surface area contributed by atoms with E-state index < -0.39 is 0 Å². The van der Waals surface area contributed by atoms with Crippen LogP contribution in [0.3, 0.4) is 0 Å². The Morgan fingerprint density at radius 1 is 1.10 bits per heavy atom. The fourth-order valence-electron chi connectivity index (χ4n) is 3.70. The molecule has 0 saturated carbocycles. The summed E-state index contributed by atoms with van der Waals surface area (Å²) in [5.41, 5.74) is 2.64. The van der Waals surface area contributed by atoms with Crippen molar-refractivity contribution in [1.82, 2.24) is 14.5 Å². The molecule has 0 amide bonds. The molecule has 8 heteroatoms. The van der Waals surface area contributed by atoms with E-state index in [0.29, 0.717) is 48.6 Å². The first-order valence-electron chi connectivity index (χ1n) is 9.50. The highest BCUT2D eigenvalue weighted by Crippen LogP contribution is 2.28. The van der Waals surface area contributed by atoms with Crippen molar-refractivity contribution in [2.75, 3.05) is 5.32 Å². The molecule has 30 heavy (non-hydrogen) atoms. The Balaban J connectivity index is 0.00000160. The van der Waals surface area contributed by atoms with Gasteiger partial charge in [0.1, 0.15) is 5.82 Å². The third kappa shape index (κ3) is 4.82. The van der Waals surface area contributed by atoms with Crippen LogP contribution in [0, 0.1) is 5.82 Å². The number of aromatic nitrogens is 3. The zero-order chi connectivity index (χ0) is 19.7. The third-order valence-electron chi connectivity index (χ3n) is 5.05. The van der Waals surface area contributed by atoms with Gasteiger partial charge in [0, 0.05) is 23.5 Å². The number of fused-ring (bicyclic) bond motifs is 1. The summed E-state index contributed by atoms with van der Waals surface area (Å²) in [6.07, 6.45) is 5.18. The maximum atomic E-state index is 13.9. The molecule has 0 fully saturated rings. The number of benzene rings is 1. The molecule has 0 atom stereocenters. The number of aryl methyl sites for hydroxylation is 1. The minimum Gasteiger partial charge on any atom is -0.349 e. The van der Waals surface area contributed by atoms with Gasteiger partial charge in [-0.3, -0.25) is 14.3 Å². The monoisotopic (exact) mass is 450 g/mol. The highest BCUT2D eigenvalue weighted by molar-refractivity contribution is 5.85. The van der Waals surface area contributed by atoms with Crippen LogP contribution < -0.4 is 10.9 Å². The number of anilines is 1. The van der Waals surface area contributed by atoms with Crippen molar-refractivity contribution in [2.45, 2.75) is 45.2 Å². The van der Waals surface area contributed by atoms with Gasteiger partial charge >= 0.3 is 0 Å². The summed E-state index contributed by atoms with van der Waals surface area (Å²) in [5, 5.41) is 3.33. The molecule has 0 bridgehead atoms. The molecule has 3 heterocycles. The topological polar surface area (TPSA) is 59.8 Å². The van der Waals surface area contributed by atoms with Crippen LogP contribution in [0.1, 0.15) is 31.4 Å². The number of nitrogens with zero attached hydrogens (tertiary/aromatic N) is 3. The quantitative estimate of drug-likeness (QED) is 0.613. The van der Waals surface area contributed by atoms with Gasteiger partial charge in [-0.05, 0) is 56.9 Å². The zero-order valence-electron chi connectivity index (χ0n) is 16.9. The minimum absolute atomic E-state index is 0. The summed E-state index contributed by atoms with van der Waals surface area (Å²) in [6, 6.07) is 10.5. The Morgan fingerprint density at radius 2 is 1.80 bits per heavy atom. The van der Waals surface area contributed by atoms with Crippen molar-refractivity contribution >= 4 is 30.8 Å². The summed E-state index contributed by atoms with van der Waals surface area (Å²) < 4.78 is 15.6. The van der Waals surface area contributed by atoms with E-state index in [-0.39, 0.29) is 41.7 Å². The van der Waals surface area contributed by atoms with Gasteiger partial charge in [0.2, 0.25) is 5.95 Å². The molecule has 0 radical (unpaired) electrons. The van der Waals surface area contributed by atoms with Crippen molar-refractivity contribution in [3.8, 4) is 11.3 Å². The van der Waals surface area contributed by atoms with Crippen LogP contribution in [-0.2, 0) is 19.4 Å². The number of hydrogen-bond donors (Lipinski definition) is 1. The second-order valence-electron chi connectivity index (χ2n) is 7.84. The molecule has 0 saturated heterocycles. The van der Waals surface area contributed by atoms with Crippen molar-refractivity contribution in [2.24, 2.45) is 0 Å². The van der Waals surface area contributed by atoms with Crippen LogP contribution in [0.4, 0.5) is 10.3 Å². The van der Waals surface area contributed by atoms with Crippen molar-refractivity contribution in [1.29, 1.82) is 0 Å². The van der Waals surface area contributed by atoms with Crippen LogP contribution in [0.15, 0.2) is 53.6 Å². The Labute approximate surface area is 187 Å². The van der Waals surface area contributed by atoms with E-state index in [2.05, 4.69) is 10.3 Å². The van der Waals surface area contributed by atoms with Crippen molar-refractivity contribution < 1.29 is 4.39 Å². The Bertz CT molecular complexity index is 1070. The molecule has 5 nitrogen and oxygen atoms in total. The number of hydrogen-bond acceptors (Lipinski definition) is 4. The number of nitrogens with one attached hydrogen (secondary N) is 1. The zero-order valence-corrected chi connectivity index (χ0v) is 18.5. The molecule has 1 aliphatic heterocycles. The standard InChI is InChI=1S/C22H23FN4O.2ClH/c1-22(2)14-27-20(28)17(8-5-7-15-6-3-4-9-18(15)23)19(25-21(27)26-22)16-10-12-24-13-11-16;;/h3-4,6,9-13H,5,7-8,14H2,1-2H3,(H,25,26);2*1H. The normalized spacial score (nSPS) is 13.6. The van der Waals surface area contributed by atoms with E-state index in [4.69, 9.17) is 4.98 Å². The average Bonchev–Trinajstić information content (AvgIpc) is 3.00. The van der Waals surface area contributed by atoms with Gasteiger partial charge in [-0.25, -0.2) is 9.37 Å². The first kappa shape index (κ1) is 23.8. The maximum absolute atomic E-state index is 13.9. The molecule has 1 aromatic carbocycles. The van der Waals surface area contributed by atoms with E-state index in [9.17, 15) is 9.18 Å². The van der Waals surface area contributed by atoms with E-state index in [1.54, 1.807) is 29.1 Å². The highest BCUT2D eigenvalue weighted by Gasteiger charge is 2.31. The van der Waals surface area contributed by atoms with E-state index in [0.717, 1.165) is 5.56 Å². The van der Waals surface area contributed by atoms with Gasteiger partial charge in [-0.1, -0.05) is 18.2 Å². The van der Waals surface area contributed by atoms with Crippen LogP contribution in [0.2, 0.25) is 0 Å². The number of pyridine rings is 1. The lowest BCUT2D eigenvalue weighted by Crippen LogP contribution is -2.30. The van der Waals surface area contributed by atoms with Gasteiger partial charge in [0.25, 0.3) is 5.56 Å². The highest BCUT2D eigenvalue weighted by atomic mass is 35.5. The van der Waals surface area contributed by atoms with Gasteiger partial charge in [0.15, 0.2) is 0 Å². The smallest absolute Gasteiger partial charge is 0.258 e. The molecule has 3 aromatic rings. The molecule has 0 aliphatic carbocycles. The summed E-state index contributed by atoms with van der Waals surface area (Å²) >= 11 is 0. The predicted molar refractivity (Wildman–Crippen MR) is 122 cm³/mol. The third-order valence-corrected chi connectivity index (χ3v) is 5.05. The van der Waals surface area contributed by atoms with Gasteiger partial charge < -0.3 is 5.32 Å². The molecule has 4 rings (SSSR count). The molecule has 1 N–H and O–H groups in total. The molecule has 0 spiro atoms. The molecule has 1 aliphatic rings. The van der Waals surface area contributed by atoms with Gasteiger partial charge in [-0.15, -0.1) is 24.8 Å². The SMILES string of the molecule is CC1(C)Cn2c(nc(-c3ccncc3)c(CCCc3ccccc3F)c2=O)N1.Cl.Cl. The van der Waals surface area contributed by atoms with E-state index in [1.165, 1.54) is 6.07 Å². The van der Waals surface area contributed by atoms with Crippen molar-refractivity contribution in [3.63, 3.8) is 0 Å². The lowest BCUT2D eigenvalue weighted by Gasteiger charge is -2.15. The summed E-state index contributed by atoms with van der Waals surface area (Å²) in [4.78, 5) is 22.1. The van der Waals surface area contributed by atoms with E-state index >= 15 is 0 Å². The fourth-order valence-corrected chi connectivity index (χ4v) is 3.70. The van der Waals surface area contributed by atoms with Crippen LogP contribution in [0.5, 0.6) is 0 Å². The first-order valence-corrected chi connectivity index (χ1v) is 9.50. The second-order valence-corrected chi connectivity index (χ2v) is 7.84. The summed E-state index contributed by atoms with van der Waals surface area (Å²) in [6.45, 7) is 4.67. The number of halogens is 3. The Kier molecular flexibility index (Phi) is 7.61. The van der Waals surface area contributed by atoms with E-state index in [1.807, 2.05) is 32.0 Å². The Morgan fingerprint density at radius 3 is 2.50 bits per heavy atom. The molecule has 0 unspecified atom stereocenters. The molecule has 2 aromatic heterocycles. The lowest BCUT2D eigenvalue weighted by atomic mass is 10.0. The van der Waals surface area contributed by atoms with Gasteiger partial charge in [-0.2, -0.15) is 0 Å². The summed E-state index contributed by atoms with van der Waals surface area (Å²) in [5.74, 6) is 0.395. The minimum atomic E-state index is -0.222. The van der Waals surface area contributed by atoms with Crippen LogP contribution >= 0.6 is 24.8 Å². The van der Waals surface area contributed by atoms with Crippen LogP contribution in [0.25, 0.3) is 11.3 Å². The fraction of sp³-hybridized carbons (Fsp3) is 0.318. The predicted octanol–water partition coefficient (Wildman–Crippen LogP) is 4.67. The van der Waals surface area contributed by atoms with Crippen LogP contribution in [-0.4, -0.2) is 20.1 Å². The summed E-state index contributed by atoms with van der Waals surface area (Å²) in [7, 11) is 0. The first-order chi connectivity index (χ1) is 13.4.